The van der Waals surface area contributed by atoms with E-state index in [0.29, 0.717) is 43.1 Å². The highest BCUT2D eigenvalue weighted by Crippen LogP contribution is 2.23. The number of carbonyl (C=O) groups is 1. The van der Waals surface area contributed by atoms with E-state index in [1.165, 1.54) is 10.4 Å². The summed E-state index contributed by atoms with van der Waals surface area (Å²) in [6.45, 7) is 1.28. The molecule has 1 saturated heterocycles. The number of hydrogen-bond donors (Lipinski definition) is 1. The Bertz CT molecular complexity index is 956. The van der Waals surface area contributed by atoms with Crippen molar-refractivity contribution in [3.8, 4) is 0 Å². The lowest BCUT2D eigenvalue weighted by Crippen LogP contribution is -2.41. The fourth-order valence-corrected chi connectivity index (χ4v) is 4.94. The van der Waals surface area contributed by atoms with Gasteiger partial charge in [-0.1, -0.05) is 18.2 Å². The Hall–Kier alpha value is -2.45. The average molecular weight is 420 g/mol. The van der Waals surface area contributed by atoms with Crippen molar-refractivity contribution in [2.45, 2.75) is 17.7 Å². The first-order valence-corrected chi connectivity index (χ1v) is 11.0. The summed E-state index contributed by atoms with van der Waals surface area (Å²) in [7, 11) is 0.00190. The molecule has 2 aromatic rings. The molecule has 1 fully saturated rings. The maximum atomic E-state index is 14.1. The van der Waals surface area contributed by atoms with Crippen LogP contribution >= 0.6 is 0 Å². The molecular formula is C21H26FN3O3S. The molecule has 6 nitrogen and oxygen atoms in total. The zero-order valence-corrected chi connectivity index (χ0v) is 17.5. The number of carbonyl (C=O) groups excluding carboxylic acids is 1. The van der Waals surface area contributed by atoms with Gasteiger partial charge in [-0.3, -0.25) is 4.79 Å². The van der Waals surface area contributed by atoms with E-state index in [1.54, 1.807) is 61.5 Å². The minimum Gasteiger partial charge on any atom is -0.375 e. The van der Waals surface area contributed by atoms with Crippen molar-refractivity contribution in [1.82, 2.24) is 9.62 Å². The monoisotopic (exact) mass is 419 g/mol. The zero-order chi connectivity index (χ0) is 21.0. The molecule has 1 heterocycles. The summed E-state index contributed by atoms with van der Waals surface area (Å²) in [5, 5.41) is 2.84. The summed E-state index contributed by atoms with van der Waals surface area (Å²) in [6.07, 6.45) is 1.33. The van der Waals surface area contributed by atoms with Crippen LogP contribution in [0.2, 0.25) is 0 Å². The van der Waals surface area contributed by atoms with Gasteiger partial charge in [0.1, 0.15) is 5.82 Å². The van der Waals surface area contributed by atoms with E-state index in [9.17, 15) is 17.6 Å². The Morgan fingerprint density at radius 1 is 1.14 bits per heavy atom. The van der Waals surface area contributed by atoms with E-state index in [-0.39, 0.29) is 17.4 Å². The third-order valence-corrected chi connectivity index (χ3v) is 7.11. The van der Waals surface area contributed by atoms with Crippen LogP contribution in [0.4, 0.5) is 10.1 Å². The van der Waals surface area contributed by atoms with Crippen molar-refractivity contribution in [2.24, 2.45) is 5.92 Å². The molecule has 2 aromatic carbocycles. The third-order valence-electron chi connectivity index (χ3n) is 5.20. The van der Waals surface area contributed by atoms with Gasteiger partial charge in [-0.15, -0.1) is 0 Å². The standard InChI is InChI=1S/C21H26FN3O3S/c1-24(2)20-9-8-17(14-19(20)22)21(26)23-15-16-10-12-25(13-11-16)29(27,28)18-6-4-3-5-7-18/h3-9,14,16H,10-13,15H2,1-2H3,(H,23,26). The Morgan fingerprint density at radius 2 is 1.79 bits per heavy atom. The first-order chi connectivity index (χ1) is 13.8. The van der Waals surface area contributed by atoms with Crippen LogP contribution < -0.4 is 10.2 Å². The highest BCUT2D eigenvalue weighted by Gasteiger charge is 2.29. The summed E-state index contributed by atoms with van der Waals surface area (Å²) in [5.74, 6) is -0.581. The Kier molecular flexibility index (Phi) is 6.54. The summed E-state index contributed by atoms with van der Waals surface area (Å²) in [4.78, 5) is 14.3. The SMILES string of the molecule is CN(C)c1ccc(C(=O)NCC2CCN(S(=O)(=O)c3ccccc3)CC2)cc1F. The van der Waals surface area contributed by atoms with Gasteiger partial charge in [0.25, 0.3) is 5.91 Å². The van der Waals surface area contributed by atoms with Crippen molar-refractivity contribution in [2.75, 3.05) is 38.6 Å². The highest BCUT2D eigenvalue weighted by molar-refractivity contribution is 7.89. The maximum absolute atomic E-state index is 14.1. The molecule has 0 spiro atoms. The van der Waals surface area contributed by atoms with Gasteiger partial charge in [-0.2, -0.15) is 4.31 Å². The molecule has 1 N–H and O–H groups in total. The van der Waals surface area contributed by atoms with Gasteiger partial charge in [0, 0.05) is 39.3 Å². The van der Waals surface area contributed by atoms with Crippen molar-refractivity contribution in [1.29, 1.82) is 0 Å². The van der Waals surface area contributed by atoms with Crippen molar-refractivity contribution < 1.29 is 17.6 Å². The largest absolute Gasteiger partial charge is 0.375 e. The second-order valence-corrected chi connectivity index (χ2v) is 9.37. The summed E-state index contributed by atoms with van der Waals surface area (Å²) < 4.78 is 40.9. The number of benzene rings is 2. The lowest BCUT2D eigenvalue weighted by atomic mass is 9.98. The molecule has 1 amide bonds. The van der Waals surface area contributed by atoms with Crippen LogP contribution in [0.25, 0.3) is 0 Å². The second-order valence-electron chi connectivity index (χ2n) is 7.43. The van der Waals surface area contributed by atoms with Crippen molar-refractivity contribution in [3.05, 3.63) is 59.9 Å². The molecule has 3 rings (SSSR count). The third kappa shape index (κ3) is 4.94. The van der Waals surface area contributed by atoms with E-state index >= 15 is 0 Å². The van der Waals surface area contributed by atoms with Crippen LogP contribution in [0.5, 0.6) is 0 Å². The van der Waals surface area contributed by atoms with E-state index in [0.717, 1.165) is 0 Å². The van der Waals surface area contributed by atoms with Gasteiger partial charge in [-0.25, -0.2) is 12.8 Å². The fraction of sp³-hybridized carbons (Fsp3) is 0.381. The second kappa shape index (κ2) is 8.92. The van der Waals surface area contributed by atoms with Crippen LogP contribution in [0.3, 0.4) is 0 Å². The smallest absolute Gasteiger partial charge is 0.251 e. The van der Waals surface area contributed by atoms with Gasteiger partial charge in [0.15, 0.2) is 0 Å². The number of nitrogens with one attached hydrogen (secondary N) is 1. The van der Waals surface area contributed by atoms with Crippen LogP contribution in [0, 0.1) is 11.7 Å². The molecule has 8 heteroatoms. The molecule has 0 saturated carbocycles. The molecule has 0 radical (unpaired) electrons. The molecule has 0 unspecified atom stereocenters. The fourth-order valence-electron chi connectivity index (χ4n) is 3.45. The number of hydrogen-bond acceptors (Lipinski definition) is 4. The minimum absolute atomic E-state index is 0.187. The summed E-state index contributed by atoms with van der Waals surface area (Å²) in [6, 6.07) is 12.8. The van der Waals surface area contributed by atoms with E-state index in [2.05, 4.69) is 5.32 Å². The van der Waals surface area contributed by atoms with Gasteiger partial charge in [-0.05, 0) is 49.1 Å². The number of anilines is 1. The topological polar surface area (TPSA) is 69.7 Å². The normalized spacial score (nSPS) is 15.8. The van der Waals surface area contributed by atoms with E-state index < -0.39 is 15.8 Å². The summed E-state index contributed by atoms with van der Waals surface area (Å²) in [5.41, 5.74) is 0.700. The minimum atomic E-state index is -3.48. The first kappa shape index (κ1) is 21.3. The van der Waals surface area contributed by atoms with E-state index in [1.807, 2.05) is 0 Å². The highest BCUT2D eigenvalue weighted by atomic mass is 32.2. The number of amides is 1. The molecular weight excluding hydrogens is 393 g/mol. The van der Waals surface area contributed by atoms with Crippen LogP contribution in [-0.2, 0) is 10.0 Å². The van der Waals surface area contributed by atoms with Crippen molar-refractivity contribution in [3.63, 3.8) is 0 Å². The molecule has 29 heavy (non-hydrogen) atoms. The van der Waals surface area contributed by atoms with Gasteiger partial charge in [0.2, 0.25) is 10.0 Å². The Morgan fingerprint density at radius 3 is 2.38 bits per heavy atom. The lowest BCUT2D eigenvalue weighted by molar-refractivity contribution is 0.0941. The van der Waals surface area contributed by atoms with Crippen molar-refractivity contribution >= 4 is 21.6 Å². The Labute approximate surface area is 171 Å². The van der Waals surface area contributed by atoms with Gasteiger partial charge in [0.05, 0.1) is 10.6 Å². The summed E-state index contributed by atoms with van der Waals surface area (Å²) >= 11 is 0. The molecule has 0 atom stereocenters. The number of nitrogens with zero attached hydrogens (tertiary/aromatic N) is 2. The zero-order valence-electron chi connectivity index (χ0n) is 16.6. The van der Waals surface area contributed by atoms with Gasteiger partial charge < -0.3 is 10.2 Å². The molecule has 0 aliphatic carbocycles. The maximum Gasteiger partial charge on any atom is 0.251 e. The van der Waals surface area contributed by atoms with Crippen LogP contribution in [0.15, 0.2) is 53.4 Å². The van der Waals surface area contributed by atoms with E-state index in [4.69, 9.17) is 0 Å². The first-order valence-electron chi connectivity index (χ1n) is 9.59. The number of rotatable bonds is 6. The average Bonchev–Trinajstić information content (AvgIpc) is 2.72. The van der Waals surface area contributed by atoms with Gasteiger partial charge >= 0.3 is 0 Å². The van der Waals surface area contributed by atoms with Crippen LogP contribution in [-0.4, -0.2) is 52.4 Å². The Balaban J connectivity index is 1.52. The quantitative estimate of drug-likeness (QED) is 0.782. The number of sulfonamides is 1. The molecule has 0 aromatic heterocycles. The predicted molar refractivity (Wildman–Crippen MR) is 111 cm³/mol. The number of halogens is 1. The predicted octanol–water partition coefficient (Wildman–Crippen LogP) is 2.72. The molecule has 0 bridgehead atoms. The number of piperidine rings is 1. The van der Waals surface area contributed by atoms with Crippen LogP contribution in [0.1, 0.15) is 23.2 Å². The molecule has 156 valence electrons. The lowest BCUT2D eigenvalue weighted by Gasteiger charge is -2.31. The molecule has 1 aliphatic heterocycles. The molecule has 1 aliphatic rings.